The van der Waals surface area contributed by atoms with Crippen LogP contribution in [0.15, 0.2) is 66.7 Å². The number of nitrogens with one attached hydrogen (secondary N) is 1. The van der Waals surface area contributed by atoms with E-state index in [-0.39, 0.29) is 30.7 Å². The molecule has 0 aliphatic heterocycles. The number of hydrogen-bond acceptors (Lipinski definition) is 10. The zero-order valence-electron chi connectivity index (χ0n) is 26.0. The Morgan fingerprint density at radius 2 is 1.74 bits per heavy atom. The molecule has 248 valence electrons. The molecule has 14 heteroatoms. The van der Waals surface area contributed by atoms with Crippen molar-refractivity contribution in [3.05, 3.63) is 82.9 Å². The van der Waals surface area contributed by atoms with Gasteiger partial charge in [-0.3, -0.25) is 14.4 Å². The molecule has 0 fully saturated rings. The molecule has 0 radical (unpaired) electrons. The minimum absolute atomic E-state index is 0.142. The molecule has 0 aliphatic carbocycles. The maximum Gasteiger partial charge on any atom is 0.332 e. The van der Waals surface area contributed by atoms with Gasteiger partial charge in [0.15, 0.2) is 6.10 Å². The van der Waals surface area contributed by atoms with Crippen LogP contribution in [0.5, 0.6) is 0 Å². The van der Waals surface area contributed by atoms with E-state index in [1.165, 1.54) is 19.2 Å². The van der Waals surface area contributed by atoms with E-state index in [0.29, 0.717) is 16.1 Å². The number of aliphatic carboxylic acids is 1. The van der Waals surface area contributed by atoms with Crippen LogP contribution in [0.3, 0.4) is 0 Å². The summed E-state index contributed by atoms with van der Waals surface area (Å²) in [7, 11) is 1.24. The fourth-order valence-electron chi connectivity index (χ4n) is 4.85. The number of carboxylic acid groups (broad SMARTS) is 1. The number of aliphatic hydroxyl groups is 1. The summed E-state index contributed by atoms with van der Waals surface area (Å²) in [5.74, 6) is -4.05. The highest BCUT2D eigenvalue weighted by Crippen LogP contribution is 2.24. The van der Waals surface area contributed by atoms with Crippen LogP contribution in [0.4, 0.5) is 0 Å². The van der Waals surface area contributed by atoms with Crippen molar-refractivity contribution in [3.63, 3.8) is 0 Å². The lowest BCUT2D eigenvalue weighted by atomic mass is 9.93. The number of methoxy groups -OCH3 is 1. The number of ether oxygens (including phenoxy) is 2. The minimum Gasteiger partial charge on any atom is -0.479 e. The largest absolute Gasteiger partial charge is 0.479 e. The summed E-state index contributed by atoms with van der Waals surface area (Å²) in [4.78, 5) is 55.5. The molecule has 0 saturated heterocycles. The van der Waals surface area contributed by atoms with Gasteiger partial charge in [0.25, 0.3) is 12.7 Å². The lowest BCUT2D eigenvalue weighted by Gasteiger charge is -2.21. The van der Waals surface area contributed by atoms with Gasteiger partial charge in [-0.05, 0) is 64.6 Å². The number of halogens is 1. The Morgan fingerprint density at radius 1 is 1.00 bits per heavy atom. The molecule has 3 atom stereocenters. The number of hydrogen-bond donors (Lipinski definition) is 3. The molecule has 1 amide bonds. The third-order valence-corrected chi connectivity index (χ3v) is 7.73. The number of carbonyl (C=O) groups is 4. The van der Waals surface area contributed by atoms with Crippen LogP contribution >= 0.6 is 11.6 Å². The number of esters is 2. The average Bonchev–Trinajstić information content (AvgIpc) is 3.45. The van der Waals surface area contributed by atoms with Gasteiger partial charge in [0.1, 0.15) is 11.0 Å². The van der Waals surface area contributed by atoms with E-state index >= 15 is 0 Å². The third-order valence-electron chi connectivity index (χ3n) is 7.50. The molecule has 47 heavy (non-hydrogen) atoms. The molecule has 4 aromatic rings. The first-order valence-corrected chi connectivity index (χ1v) is 15.1. The van der Waals surface area contributed by atoms with Crippen molar-refractivity contribution in [2.75, 3.05) is 13.9 Å². The van der Waals surface area contributed by atoms with Crippen LogP contribution in [-0.2, 0) is 30.3 Å². The van der Waals surface area contributed by atoms with E-state index in [0.717, 1.165) is 21.5 Å². The van der Waals surface area contributed by atoms with E-state index in [1.54, 1.807) is 26.0 Å². The van der Waals surface area contributed by atoms with Crippen LogP contribution in [-0.4, -0.2) is 75.2 Å². The summed E-state index contributed by atoms with van der Waals surface area (Å²) in [6.45, 7) is 3.01. The summed E-state index contributed by atoms with van der Waals surface area (Å²) in [5, 5.41) is 30.7. The quantitative estimate of drug-likeness (QED) is 0.124. The molecule has 3 N–H and O–H groups in total. The fraction of sp³-hybridized carbons (Fsp3) is 0.333. The van der Waals surface area contributed by atoms with Gasteiger partial charge in [-0.1, -0.05) is 66.7 Å². The first-order valence-electron chi connectivity index (χ1n) is 14.7. The number of amides is 1. The van der Waals surface area contributed by atoms with Crippen LogP contribution in [0, 0.1) is 11.8 Å². The van der Waals surface area contributed by atoms with Crippen LogP contribution in [0.2, 0.25) is 5.02 Å². The number of aliphatic hydroxyl groups excluding tert-OH is 1. The van der Waals surface area contributed by atoms with Crippen molar-refractivity contribution in [3.8, 4) is 11.1 Å². The summed E-state index contributed by atoms with van der Waals surface area (Å²) < 4.78 is 9.85. The number of aromatic nitrogens is 3. The van der Waals surface area contributed by atoms with Gasteiger partial charge in [-0.25, -0.2) is 4.79 Å². The summed E-state index contributed by atoms with van der Waals surface area (Å²) in [6.07, 6.45) is -1.83. The van der Waals surface area contributed by atoms with Gasteiger partial charge in [0.05, 0.1) is 19.4 Å². The fourth-order valence-corrected chi connectivity index (χ4v) is 5.04. The Kier molecular flexibility index (Phi) is 11.9. The van der Waals surface area contributed by atoms with Gasteiger partial charge >= 0.3 is 17.9 Å². The van der Waals surface area contributed by atoms with Crippen molar-refractivity contribution in [2.45, 2.75) is 45.3 Å². The topological polar surface area (TPSA) is 179 Å². The molecule has 4 rings (SSSR count). The van der Waals surface area contributed by atoms with E-state index in [4.69, 9.17) is 21.2 Å². The van der Waals surface area contributed by atoms with Crippen LogP contribution in [0.25, 0.3) is 22.2 Å². The van der Waals surface area contributed by atoms with E-state index < -0.39 is 48.7 Å². The Bertz CT molecular complexity index is 1720. The van der Waals surface area contributed by atoms with Crippen molar-refractivity contribution in [1.29, 1.82) is 0 Å². The first kappa shape index (κ1) is 34.9. The zero-order chi connectivity index (χ0) is 34.1. The molecule has 0 spiro atoms. The summed E-state index contributed by atoms with van der Waals surface area (Å²) >= 11 is 6.12. The minimum atomic E-state index is -1.70. The van der Waals surface area contributed by atoms with Gasteiger partial charge in [-0.2, -0.15) is 0 Å². The molecule has 3 aromatic carbocycles. The molecular weight excluding hydrogens is 632 g/mol. The maximum atomic E-state index is 13.3. The zero-order valence-corrected chi connectivity index (χ0v) is 26.7. The number of fused-ring (bicyclic) bond motifs is 1. The SMILES string of the molecule is COC(=O)C[C@H](C(=O)OCOn1nnc2ccc(C(=O)N[C@H](Cc3ccc(-c4cccc(Cl)c4)cc3)C[C@@H](O)C(=O)O)cc21)C(C)C. The number of carbonyl (C=O) groups excluding carboxylic acids is 3. The first-order chi connectivity index (χ1) is 22.4. The van der Waals surface area contributed by atoms with Crippen LogP contribution < -0.4 is 10.2 Å². The molecule has 1 aromatic heterocycles. The highest BCUT2D eigenvalue weighted by atomic mass is 35.5. The Balaban J connectivity index is 1.45. The number of benzene rings is 3. The van der Waals surface area contributed by atoms with Crippen LogP contribution in [0.1, 0.15) is 42.6 Å². The highest BCUT2D eigenvalue weighted by molar-refractivity contribution is 6.30. The monoisotopic (exact) mass is 666 g/mol. The molecule has 0 saturated carbocycles. The maximum absolute atomic E-state index is 13.3. The third kappa shape index (κ3) is 9.50. The standard InChI is InChI=1S/C33H35ClN4O9/c1-19(2)26(17-30(40)45-3)33(44)46-18-47-38-28-15-23(11-12-27(28)36-37-38)31(41)35-25(16-29(39)32(42)43)13-20-7-9-21(10-8-20)22-5-4-6-24(34)14-22/h4-12,14-15,19,25-26,29,39H,13,16-18H2,1-3H3,(H,35,41)(H,42,43)/t25-,26+,29-/m1/s1. The summed E-state index contributed by atoms with van der Waals surface area (Å²) in [5.41, 5.74) is 3.54. The van der Waals surface area contributed by atoms with E-state index in [9.17, 15) is 29.4 Å². The lowest BCUT2D eigenvalue weighted by molar-refractivity contribution is -0.167. The lowest BCUT2D eigenvalue weighted by Crippen LogP contribution is -2.40. The van der Waals surface area contributed by atoms with Gasteiger partial charge in [0, 0.05) is 23.0 Å². The second-order valence-corrected chi connectivity index (χ2v) is 11.6. The van der Waals surface area contributed by atoms with E-state index in [1.807, 2.05) is 42.5 Å². The predicted molar refractivity (Wildman–Crippen MR) is 170 cm³/mol. The van der Waals surface area contributed by atoms with Crippen molar-refractivity contribution in [2.24, 2.45) is 11.8 Å². The Hall–Kier alpha value is -5.01. The normalized spacial score (nSPS) is 13.1. The van der Waals surface area contributed by atoms with E-state index in [2.05, 4.69) is 20.4 Å². The molecular formula is C33H35ClN4O9. The van der Waals surface area contributed by atoms with Crippen molar-refractivity contribution in [1.82, 2.24) is 20.5 Å². The van der Waals surface area contributed by atoms with Gasteiger partial charge < -0.3 is 29.8 Å². The smallest absolute Gasteiger partial charge is 0.332 e. The molecule has 13 nitrogen and oxygen atoms in total. The number of carboxylic acids is 1. The predicted octanol–water partition coefficient (Wildman–Crippen LogP) is 3.69. The van der Waals surface area contributed by atoms with Gasteiger partial charge in [-0.15, -0.1) is 5.10 Å². The molecule has 1 heterocycles. The molecule has 0 bridgehead atoms. The molecule has 0 unspecified atom stereocenters. The second kappa shape index (κ2) is 16.0. The second-order valence-electron chi connectivity index (χ2n) is 11.2. The van der Waals surface area contributed by atoms with Crippen molar-refractivity contribution < 1.29 is 43.7 Å². The van der Waals surface area contributed by atoms with Crippen molar-refractivity contribution >= 4 is 46.4 Å². The summed E-state index contributed by atoms with van der Waals surface area (Å²) in [6, 6.07) is 18.7. The Morgan fingerprint density at radius 3 is 2.40 bits per heavy atom. The highest BCUT2D eigenvalue weighted by Gasteiger charge is 2.27. The molecule has 0 aliphatic rings. The average molecular weight is 667 g/mol. The number of rotatable bonds is 15. The Labute approximate surface area is 275 Å². The van der Waals surface area contributed by atoms with Gasteiger partial charge in [0.2, 0.25) is 0 Å². The number of nitrogens with zero attached hydrogens (tertiary/aromatic N) is 3.